The van der Waals surface area contributed by atoms with Gasteiger partial charge in [-0.2, -0.15) is 0 Å². The zero-order valence-corrected chi connectivity index (χ0v) is 16.5. The smallest absolute Gasteiger partial charge is 0.289 e. The Labute approximate surface area is 174 Å². The summed E-state index contributed by atoms with van der Waals surface area (Å²) in [6.45, 7) is 0.628. The van der Waals surface area contributed by atoms with E-state index in [1.807, 2.05) is 54.6 Å². The van der Waals surface area contributed by atoms with Crippen LogP contribution < -0.4 is 5.73 Å². The number of primary amides is 1. The monoisotopic (exact) mass is 394 g/mol. The van der Waals surface area contributed by atoms with Crippen LogP contribution in [0.2, 0.25) is 0 Å². The molecular formula is C26H22N2O2. The molecule has 1 heterocycles. The van der Waals surface area contributed by atoms with Crippen LogP contribution in [0.3, 0.4) is 0 Å². The Kier molecular flexibility index (Phi) is 4.47. The van der Waals surface area contributed by atoms with E-state index in [0.717, 1.165) is 35.0 Å². The number of hydrogen-bond acceptors (Lipinski definition) is 2. The molecule has 1 aliphatic carbocycles. The van der Waals surface area contributed by atoms with E-state index in [2.05, 4.69) is 28.8 Å². The predicted octanol–water partition coefficient (Wildman–Crippen LogP) is 4.90. The number of hydrogen-bond donors (Lipinski definition) is 1. The highest BCUT2D eigenvalue weighted by Crippen LogP contribution is 2.45. The Morgan fingerprint density at radius 1 is 0.867 bits per heavy atom. The van der Waals surface area contributed by atoms with Crippen LogP contribution in [-0.4, -0.2) is 16.3 Å². The Balaban J connectivity index is 1.71. The van der Waals surface area contributed by atoms with Gasteiger partial charge in [-0.05, 0) is 35.6 Å². The van der Waals surface area contributed by atoms with Gasteiger partial charge in [-0.1, -0.05) is 72.8 Å². The number of aromatic nitrogens is 1. The maximum Gasteiger partial charge on any atom is 0.289 e. The number of fused-ring (bicyclic) bond motifs is 1. The zero-order valence-electron chi connectivity index (χ0n) is 16.5. The Bertz CT molecular complexity index is 1270. The summed E-state index contributed by atoms with van der Waals surface area (Å²) in [4.78, 5) is 24.6. The maximum atomic E-state index is 12.8. The van der Waals surface area contributed by atoms with Crippen molar-refractivity contribution in [2.75, 3.05) is 0 Å². The molecule has 0 unspecified atom stereocenters. The molecule has 5 rings (SSSR count). The zero-order chi connectivity index (χ0) is 20.7. The van der Waals surface area contributed by atoms with Gasteiger partial charge in [-0.3, -0.25) is 9.59 Å². The first-order valence-corrected chi connectivity index (χ1v) is 10.2. The van der Waals surface area contributed by atoms with Crippen molar-refractivity contribution in [3.05, 3.63) is 95.7 Å². The molecule has 0 atom stereocenters. The second-order valence-electron chi connectivity index (χ2n) is 7.85. The molecule has 1 aliphatic rings. The Morgan fingerprint density at radius 2 is 1.53 bits per heavy atom. The van der Waals surface area contributed by atoms with E-state index in [9.17, 15) is 9.59 Å². The van der Waals surface area contributed by atoms with Crippen LogP contribution >= 0.6 is 0 Å². The van der Waals surface area contributed by atoms with Crippen LogP contribution in [0.1, 0.15) is 40.4 Å². The highest BCUT2D eigenvalue weighted by Gasteiger charge is 2.35. The molecule has 1 amide bonds. The lowest BCUT2D eigenvalue weighted by Crippen LogP contribution is -2.24. The lowest BCUT2D eigenvalue weighted by molar-refractivity contribution is -0.114. The fraction of sp³-hybridized carbons (Fsp3) is 0.154. The highest BCUT2D eigenvalue weighted by atomic mass is 16.2. The summed E-state index contributed by atoms with van der Waals surface area (Å²) < 4.78 is 2.21. The fourth-order valence-corrected chi connectivity index (χ4v) is 4.36. The summed E-state index contributed by atoms with van der Waals surface area (Å²) in [6, 6.07) is 26.4. The number of nitrogens with two attached hydrogens (primary N) is 1. The number of carbonyl (C=O) groups is 2. The van der Waals surface area contributed by atoms with Crippen LogP contribution in [0.4, 0.5) is 0 Å². The normalized spacial score (nSPS) is 13.5. The van der Waals surface area contributed by atoms with E-state index >= 15 is 0 Å². The van der Waals surface area contributed by atoms with Crippen molar-refractivity contribution in [1.29, 1.82) is 0 Å². The first kappa shape index (κ1) is 18.4. The minimum atomic E-state index is -0.899. The first-order chi connectivity index (χ1) is 14.6. The lowest BCUT2D eigenvalue weighted by atomic mass is 9.99. The van der Waals surface area contributed by atoms with Crippen molar-refractivity contribution < 1.29 is 9.59 Å². The molecule has 0 bridgehead atoms. The van der Waals surface area contributed by atoms with Crippen molar-refractivity contribution in [2.24, 2.45) is 5.73 Å². The fourth-order valence-electron chi connectivity index (χ4n) is 4.36. The van der Waals surface area contributed by atoms with Gasteiger partial charge in [0.15, 0.2) is 0 Å². The van der Waals surface area contributed by atoms with Crippen molar-refractivity contribution in [3.63, 3.8) is 0 Å². The van der Waals surface area contributed by atoms with E-state index in [-0.39, 0.29) is 0 Å². The molecule has 1 aromatic heterocycles. The molecule has 3 aromatic carbocycles. The number of Topliss-reactive ketones (excluding diaryl/α,β-unsaturated/α-hetero) is 1. The first-order valence-electron chi connectivity index (χ1n) is 10.2. The van der Waals surface area contributed by atoms with Gasteiger partial charge in [0, 0.05) is 29.1 Å². The lowest BCUT2D eigenvalue weighted by Gasteiger charge is -2.15. The third kappa shape index (κ3) is 3.11. The van der Waals surface area contributed by atoms with Gasteiger partial charge >= 0.3 is 0 Å². The van der Waals surface area contributed by atoms with Gasteiger partial charge < -0.3 is 10.3 Å². The molecule has 0 saturated heterocycles. The third-order valence-corrected chi connectivity index (χ3v) is 5.86. The van der Waals surface area contributed by atoms with Crippen LogP contribution in [0, 0.1) is 0 Å². The number of benzene rings is 3. The molecule has 4 aromatic rings. The van der Waals surface area contributed by atoms with Gasteiger partial charge in [0.1, 0.15) is 0 Å². The van der Waals surface area contributed by atoms with Gasteiger partial charge in [-0.15, -0.1) is 0 Å². The van der Waals surface area contributed by atoms with E-state index < -0.39 is 11.7 Å². The Hall–Kier alpha value is -3.66. The van der Waals surface area contributed by atoms with Gasteiger partial charge in [-0.25, -0.2) is 0 Å². The summed E-state index contributed by atoms with van der Waals surface area (Å²) in [7, 11) is 0. The standard InChI is InChI=1S/C26H22N2O2/c27-26(30)25(29)23-21-12-6-7-13-22(21)28(24(23)18-14-15-18)16-19-10-4-5-11-20(19)17-8-2-1-3-9-17/h1-13,18H,14-16H2,(H2,27,30). The molecule has 148 valence electrons. The molecule has 1 saturated carbocycles. The molecule has 4 nitrogen and oxygen atoms in total. The quantitative estimate of drug-likeness (QED) is 0.373. The summed E-state index contributed by atoms with van der Waals surface area (Å²) >= 11 is 0. The number of nitrogens with zero attached hydrogens (tertiary/aromatic N) is 1. The van der Waals surface area contributed by atoms with Crippen molar-refractivity contribution in [3.8, 4) is 11.1 Å². The molecule has 30 heavy (non-hydrogen) atoms. The maximum absolute atomic E-state index is 12.8. The van der Waals surface area contributed by atoms with Gasteiger partial charge in [0.2, 0.25) is 0 Å². The molecule has 4 heteroatoms. The van der Waals surface area contributed by atoms with Crippen LogP contribution in [0.25, 0.3) is 22.0 Å². The number of carbonyl (C=O) groups excluding carboxylic acids is 2. The molecule has 0 spiro atoms. The highest BCUT2D eigenvalue weighted by molar-refractivity contribution is 6.45. The average Bonchev–Trinajstić information content (AvgIpc) is 3.57. The van der Waals surface area contributed by atoms with E-state index in [1.165, 1.54) is 11.1 Å². The second kappa shape index (κ2) is 7.30. The number of para-hydroxylation sites is 1. The van der Waals surface area contributed by atoms with Crippen LogP contribution in [0.15, 0.2) is 78.9 Å². The van der Waals surface area contributed by atoms with Crippen molar-refractivity contribution in [2.45, 2.75) is 25.3 Å². The molecular weight excluding hydrogens is 372 g/mol. The minimum Gasteiger partial charge on any atom is -0.363 e. The molecule has 0 radical (unpaired) electrons. The summed E-state index contributed by atoms with van der Waals surface area (Å²) in [5, 5.41) is 0.806. The minimum absolute atomic E-state index is 0.291. The van der Waals surface area contributed by atoms with Crippen molar-refractivity contribution >= 4 is 22.6 Å². The van der Waals surface area contributed by atoms with Crippen LogP contribution in [-0.2, 0) is 11.3 Å². The number of amides is 1. The second-order valence-corrected chi connectivity index (χ2v) is 7.85. The summed E-state index contributed by atoms with van der Waals surface area (Å²) in [5.41, 5.74) is 11.3. The third-order valence-electron chi connectivity index (χ3n) is 5.86. The molecule has 1 fully saturated rings. The van der Waals surface area contributed by atoms with E-state index in [4.69, 9.17) is 5.73 Å². The SMILES string of the molecule is NC(=O)C(=O)c1c(C2CC2)n(Cc2ccccc2-c2ccccc2)c2ccccc12. The van der Waals surface area contributed by atoms with Crippen LogP contribution in [0.5, 0.6) is 0 Å². The van der Waals surface area contributed by atoms with Gasteiger partial charge in [0.05, 0.1) is 5.56 Å². The summed E-state index contributed by atoms with van der Waals surface area (Å²) in [5.74, 6) is -1.20. The number of rotatable bonds is 6. The predicted molar refractivity (Wildman–Crippen MR) is 118 cm³/mol. The molecule has 0 aliphatic heterocycles. The number of ketones is 1. The summed E-state index contributed by atoms with van der Waals surface area (Å²) in [6.07, 6.45) is 2.05. The largest absolute Gasteiger partial charge is 0.363 e. The van der Waals surface area contributed by atoms with E-state index in [1.54, 1.807) is 0 Å². The Morgan fingerprint density at radius 3 is 2.27 bits per heavy atom. The van der Waals surface area contributed by atoms with Crippen molar-refractivity contribution in [1.82, 2.24) is 4.57 Å². The average molecular weight is 394 g/mol. The van der Waals surface area contributed by atoms with E-state index in [0.29, 0.717) is 18.0 Å². The van der Waals surface area contributed by atoms with Gasteiger partial charge in [0.25, 0.3) is 11.7 Å². The topological polar surface area (TPSA) is 65.1 Å². The molecule has 2 N–H and O–H groups in total.